The predicted octanol–water partition coefficient (Wildman–Crippen LogP) is 1.04. The van der Waals surface area contributed by atoms with Crippen LogP contribution in [0.2, 0.25) is 0 Å². The molecule has 0 spiro atoms. The number of nitrogens with one attached hydrogen (secondary N) is 4. The topological polar surface area (TPSA) is 158 Å². The SMILES string of the molecule is CC(=O)Nc1nc(CCc2ccc(NC(NC(=O)[O-])NC(=O)[O-])cc2)c(Cc2ccccc2)s1. The maximum Gasteiger partial charge on any atom is 0.223 e. The molecule has 2 aromatic carbocycles. The largest absolute Gasteiger partial charge is 0.530 e. The second-order valence-electron chi connectivity index (χ2n) is 7.37. The molecule has 178 valence electrons. The lowest BCUT2D eigenvalue weighted by molar-refractivity contribution is -0.255. The number of amides is 3. The zero-order valence-electron chi connectivity index (χ0n) is 18.3. The van der Waals surface area contributed by atoms with Gasteiger partial charge >= 0.3 is 0 Å². The van der Waals surface area contributed by atoms with Gasteiger partial charge in [0.15, 0.2) is 11.4 Å². The summed E-state index contributed by atoms with van der Waals surface area (Å²) < 4.78 is 0. The van der Waals surface area contributed by atoms with E-state index in [-0.39, 0.29) is 5.91 Å². The summed E-state index contributed by atoms with van der Waals surface area (Å²) >= 11 is 1.46. The second kappa shape index (κ2) is 11.7. The Labute approximate surface area is 200 Å². The molecule has 3 rings (SSSR count). The van der Waals surface area contributed by atoms with Crippen LogP contribution < -0.4 is 31.5 Å². The Morgan fingerprint density at radius 2 is 1.56 bits per heavy atom. The molecule has 1 heterocycles. The highest BCUT2D eigenvalue weighted by molar-refractivity contribution is 7.15. The van der Waals surface area contributed by atoms with Gasteiger partial charge in [0.2, 0.25) is 5.91 Å². The van der Waals surface area contributed by atoms with Crippen molar-refractivity contribution in [3.8, 4) is 0 Å². The Kier molecular flexibility index (Phi) is 8.41. The van der Waals surface area contributed by atoms with E-state index in [2.05, 4.69) is 15.6 Å². The highest BCUT2D eigenvalue weighted by Crippen LogP contribution is 2.27. The molecule has 1 aromatic heterocycles. The first-order chi connectivity index (χ1) is 16.3. The smallest absolute Gasteiger partial charge is 0.223 e. The Morgan fingerprint density at radius 1 is 0.912 bits per heavy atom. The van der Waals surface area contributed by atoms with Gasteiger partial charge in [-0.05, 0) is 36.1 Å². The van der Waals surface area contributed by atoms with E-state index in [1.807, 2.05) is 53.1 Å². The van der Waals surface area contributed by atoms with E-state index in [1.165, 1.54) is 18.3 Å². The molecular weight excluding hydrogens is 458 g/mol. The summed E-state index contributed by atoms with van der Waals surface area (Å²) in [5.74, 6) is -0.172. The van der Waals surface area contributed by atoms with Crippen molar-refractivity contribution in [1.29, 1.82) is 0 Å². The van der Waals surface area contributed by atoms with Gasteiger partial charge in [-0.15, -0.1) is 11.3 Å². The van der Waals surface area contributed by atoms with Crippen LogP contribution in [0.3, 0.4) is 0 Å². The van der Waals surface area contributed by atoms with Crippen molar-refractivity contribution in [2.45, 2.75) is 32.5 Å². The molecule has 10 nitrogen and oxygen atoms in total. The van der Waals surface area contributed by atoms with Gasteiger partial charge < -0.3 is 41.1 Å². The molecule has 11 heteroatoms. The lowest BCUT2D eigenvalue weighted by Gasteiger charge is -2.24. The van der Waals surface area contributed by atoms with Gasteiger partial charge in [-0.25, -0.2) is 4.98 Å². The average Bonchev–Trinajstić information content (AvgIpc) is 3.13. The van der Waals surface area contributed by atoms with Crippen molar-refractivity contribution in [2.75, 3.05) is 10.6 Å². The lowest BCUT2D eigenvalue weighted by Crippen LogP contribution is -2.58. The summed E-state index contributed by atoms with van der Waals surface area (Å²) in [6, 6.07) is 17.1. The van der Waals surface area contributed by atoms with E-state index in [0.29, 0.717) is 30.1 Å². The van der Waals surface area contributed by atoms with Crippen molar-refractivity contribution in [2.24, 2.45) is 0 Å². The molecular formula is C23H23N5O5S-2. The first-order valence-electron chi connectivity index (χ1n) is 10.4. The molecule has 0 radical (unpaired) electrons. The first-order valence-corrected chi connectivity index (χ1v) is 11.2. The number of benzene rings is 2. The molecule has 3 aromatic rings. The van der Waals surface area contributed by atoms with Gasteiger partial charge in [0.1, 0.15) is 12.2 Å². The fraction of sp³-hybridized carbons (Fsp3) is 0.217. The predicted molar refractivity (Wildman–Crippen MR) is 124 cm³/mol. The molecule has 0 bridgehead atoms. The second-order valence-corrected chi connectivity index (χ2v) is 8.45. The van der Waals surface area contributed by atoms with Crippen molar-refractivity contribution < 1.29 is 24.6 Å². The van der Waals surface area contributed by atoms with Crippen LogP contribution in [0.1, 0.15) is 28.6 Å². The number of hydrogen-bond acceptors (Lipinski definition) is 8. The van der Waals surface area contributed by atoms with Crippen molar-refractivity contribution >= 4 is 40.2 Å². The normalized spacial score (nSPS) is 10.5. The average molecular weight is 482 g/mol. The van der Waals surface area contributed by atoms with Crippen LogP contribution in [0.4, 0.5) is 20.4 Å². The van der Waals surface area contributed by atoms with Crippen LogP contribution in [0.25, 0.3) is 0 Å². The fourth-order valence-electron chi connectivity index (χ4n) is 3.24. The number of aryl methyl sites for hydroxylation is 2. The van der Waals surface area contributed by atoms with Gasteiger partial charge in [0.05, 0.1) is 5.69 Å². The van der Waals surface area contributed by atoms with E-state index in [1.54, 1.807) is 12.1 Å². The Bertz CT molecular complexity index is 1120. The number of carbonyl (C=O) groups is 3. The van der Waals surface area contributed by atoms with Gasteiger partial charge in [-0.1, -0.05) is 42.5 Å². The van der Waals surface area contributed by atoms with E-state index in [4.69, 9.17) is 0 Å². The van der Waals surface area contributed by atoms with E-state index < -0.39 is 18.5 Å². The first kappa shape index (κ1) is 24.5. The zero-order chi connectivity index (χ0) is 24.5. The third-order valence-electron chi connectivity index (χ3n) is 4.71. The molecule has 0 saturated heterocycles. The number of hydrogen-bond donors (Lipinski definition) is 4. The minimum Gasteiger partial charge on any atom is -0.530 e. The number of anilines is 2. The Morgan fingerprint density at radius 3 is 2.15 bits per heavy atom. The molecule has 34 heavy (non-hydrogen) atoms. The molecule has 0 aliphatic heterocycles. The van der Waals surface area contributed by atoms with Gasteiger partial charge in [-0.3, -0.25) is 4.79 Å². The van der Waals surface area contributed by atoms with E-state index >= 15 is 0 Å². The summed E-state index contributed by atoms with van der Waals surface area (Å²) in [4.78, 5) is 38.6. The minimum absolute atomic E-state index is 0.172. The standard InChI is InChI=1S/C23H25N5O5S/c1-14(29)24-21-26-18(19(34-21)13-16-5-3-2-4-6-16)12-9-15-7-10-17(11-8-15)25-20(27-22(30)31)28-23(32)33/h2-8,10-11,20,25,27-28H,9,12-13H2,1H3,(H,30,31)(H,32,33)(H,24,26,29)/p-2. The summed E-state index contributed by atoms with van der Waals surface area (Å²) in [6.07, 6.45) is -2.54. The zero-order valence-corrected chi connectivity index (χ0v) is 19.1. The van der Waals surface area contributed by atoms with E-state index in [0.717, 1.165) is 21.7 Å². The van der Waals surface area contributed by atoms with Crippen LogP contribution >= 0.6 is 11.3 Å². The molecule has 3 amide bonds. The quantitative estimate of drug-likeness (QED) is 0.315. The molecule has 0 fully saturated rings. The third kappa shape index (κ3) is 7.78. The highest BCUT2D eigenvalue weighted by Gasteiger charge is 2.13. The van der Waals surface area contributed by atoms with Crippen LogP contribution in [-0.2, 0) is 24.1 Å². The number of nitrogens with zero attached hydrogens (tertiary/aromatic N) is 1. The monoisotopic (exact) mass is 481 g/mol. The van der Waals surface area contributed by atoms with E-state index in [9.17, 15) is 24.6 Å². The molecule has 0 aliphatic carbocycles. The van der Waals surface area contributed by atoms with Crippen LogP contribution in [0, 0.1) is 0 Å². The number of thiazole rings is 1. The number of rotatable bonds is 10. The Hall–Kier alpha value is -4.12. The number of carboxylic acid groups (broad SMARTS) is 2. The van der Waals surface area contributed by atoms with Crippen LogP contribution in [-0.4, -0.2) is 29.4 Å². The summed E-state index contributed by atoms with van der Waals surface area (Å²) in [5.41, 5.74) is 3.56. The number of aromatic nitrogens is 1. The molecule has 0 saturated carbocycles. The fourth-order valence-corrected chi connectivity index (χ4v) is 4.33. The van der Waals surface area contributed by atoms with Gasteiger partial charge in [-0.2, -0.15) is 0 Å². The van der Waals surface area contributed by atoms with Crippen LogP contribution in [0.5, 0.6) is 0 Å². The van der Waals surface area contributed by atoms with Crippen LogP contribution in [0.15, 0.2) is 54.6 Å². The summed E-state index contributed by atoms with van der Waals surface area (Å²) in [7, 11) is 0. The van der Waals surface area contributed by atoms with Crippen molar-refractivity contribution in [3.63, 3.8) is 0 Å². The maximum absolute atomic E-state index is 11.5. The molecule has 0 atom stereocenters. The van der Waals surface area contributed by atoms with Gasteiger partial charge in [0, 0.05) is 23.9 Å². The third-order valence-corrected chi connectivity index (χ3v) is 5.72. The summed E-state index contributed by atoms with van der Waals surface area (Å²) in [5, 5.41) is 31.2. The maximum atomic E-state index is 11.5. The Balaban J connectivity index is 1.67. The summed E-state index contributed by atoms with van der Waals surface area (Å²) in [6.45, 7) is 1.45. The minimum atomic E-state index is -1.64. The molecule has 4 N–H and O–H groups in total. The molecule has 0 unspecified atom stereocenters. The number of carbonyl (C=O) groups excluding carboxylic acids is 3. The highest BCUT2D eigenvalue weighted by atomic mass is 32.1. The molecule has 0 aliphatic rings. The van der Waals surface area contributed by atoms with Gasteiger partial charge in [0.25, 0.3) is 0 Å². The lowest BCUT2D eigenvalue weighted by atomic mass is 10.0. The van der Waals surface area contributed by atoms with Crippen molar-refractivity contribution in [3.05, 3.63) is 76.3 Å². The van der Waals surface area contributed by atoms with Crippen molar-refractivity contribution in [1.82, 2.24) is 15.6 Å².